The molecule has 0 aromatic heterocycles. The summed E-state index contributed by atoms with van der Waals surface area (Å²) in [6.07, 6.45) is 8.50. The fourth-order valence-electron chi connectivity index (χ4n) is 3.79. The van der Waals surface area contributed by atoms with Gasteiger partial charge < -0.3 is 0 Å². The van der Waals surface area contributed by atoms with Gasteiger partial charge >= 0.3 is 229 Å². The van der Waals surface area contributed by atoms with Gasteiger partial charge in [-0.1, -0.05) is 0 Å². The standard InChI is InChI=1S/C28H42N4O2Se2/c29-17-9-1-3-11-19-31-27(33)25-15-7-5-13-23(25)21-35-36-22-24-14-6-8-16-26(24)28(34)32-20-12-4-2-10-18-30/h5-8,13-16H,1-4,9-12,17-22,29-30H2,(H,31,33)(H,32,34). The number of unbranched alkanes of at least 4 members (excludes halogenated alkanes) is 6. The Morgan fingerprint density at radius 1 is 0.583 bits per heavy atom. The Hall–Kier alpha value is -1.66. The average molecular weight is 625 g/mol. The van der Waals surface area contributed by atoms with Crippen LogP contribution in [0.2, 0.25) is 0 Å². The van der Waals surface area contributed by atoms with E-state index in [0.29, 0.717) is 39.4 Å². The van der Waals surface area contributed by atoms with Crippen LogP contribution in [0.4, 0.5) is 0 Å². The summed E-state index contributed by atoms with van der Waals surface area (Å²) < 4.78 is 0. The topological polar surface area (TPSA) is 110 Å². The molecule has 0 atom stereocenters. The van der Waals surface area contributed by atoms with Gasteiger partial charge in [-0.15, -0.1) is 0 Å². The summed E-state index contributed by atoms with van der Waals surface area (Å²) in [7, 11) is 0. The second kappa shape index (κ2) is 19.5. The third kappa shape index (κ3) is 12.1. The van der Waals surface area contributed by atoms with Crippen LogP contribution in [0.3, 0.4) is 0 Å². The molecule has 2 aromatic carbocycles. The van der Waals surface area contributed by atoms with Crippen molar-refractivity contribution in [2.75, 3.05) is 26.2 Å². The minimum absolute atomic E-state index is 0.0257. The van der Waals surface area contributed by atoms with Crippen molar-refractivity contribution in [2.24, 2.45) is 11.5 Å². The van der Waals surface area contributed by atoms with Crippen molar-refractivity contribution in [1.82, 2.24) is 10.6 Å². The minimum atomic E-state index is 0.0257. The molecule has 0 saturated heterocycles. The first-order chi connectivity index (χ1) is 17.7. The van der Waals surface area contributed by atoms with Crippen LogP contribution in [-0.2, 0) is 10.6 Å². The summed E-state index contributed by atoms with van der Waals surface area (Å²) in [5, 5.41) is 8.02. The molecule has 0 fully saturated rings. The maximum atomic E-state index is 12.7. The normalized spacial score (nSPS) is 10.8. The van der Waals surface area contributed by atoms with Crippen LogP contribution in [0.5, 0.6) is 0 Å². The van der Waals surface area contributed by atoms with E-state index in [-0.39, 0.29) is 11.8 Å². The number of hydrogen-bond acceptors (Lipinski definition) is 4. The Morgan fingerprint density at radius 2 is 0.972 bits per heavy atom. The van der Waals surface area contributed by atoms with Crippen molar-refractivity contribution in [3.63, 3.8) is 0 Å². The van der Waals surface area contributed by atoms with Crippen molar-refractivity contribution in [2.45, 2.75) is 62.0 Å². The van der Waals surface area contributed by atoms with Gasteiger partial charge in [0.25, 0.3) is 0 Å². The van der Waals surface area contributed by atoms with Gasteiger partial charge in [0.05, 0.1) is 0 Å². The van der Waals surface area contributed by atoms with E-state index >= 15 is 0 Å². The average Bonchev–Trinajstić information content (AvgIpc) is 2.90. The Balaban J connectivity index is 1.78. The van der Waals surface area contributed by atoms with Gasteiger partial charge in [0.2, 0.25) is 0 Å². The fourth-order valence-corrected chi connectivity index (χ4v) is 10.3. The Labute approximate surface area is 228 Å². The molecule has 6 N–H and O–H groups in total. The molecule has 0 spiro atoms. The quantitative estimate of drug-likeness (QED) is 0.142. The molecule has 8 heteroatoms. The number of carbonyl (C=O) groups is 2. The number of rotatable bonds is 19. The molecule has 0 bridgehead atoms. The molecular weight excluding hydrogens is 582 g/mol. The molecule has 6 nitrogen and oxygen atoms in total. The molecule has 0 saturated carbocycles. The van der Waals surface area contributed by atoms with Crippen LogP contribution < -0.4 is 22.1 Å². The van der Waals surface area contributed by atoms with Crippen LogP contribution in [-0.4, -0.2) is 64.3 Å². The molecule has 0 unspecified atom stereocenters. The first-order valence-corrected chi connectivity index (χ1v) is 19.8. The van der Waals surface area contributed by atoms with Gasteiger partial charge in [-0.25, -0.2) is 0 Å². The summed E-state index contributed by atoms with van der Waals surface area (Å²) >= 11 is 0.802. The summed E-state index contributed by atoms with van der Waals surface area (Å²) in [5.41, 5.74) is 14.9. The molecule has 36 heavy (non-hydrogen) atoms. The Morgan fingerprint density at radius 3 is 1.39 bits per heavy atom. The number of benzene rings is 2. The van der Waals surface area contributed by atoms with Gasteiger partial charge in [0.15, 0.2) is 0 Å². The van der Waals surface area contributed by atoms with Gasteiger partial charge in [-0.2, -0.15) is 0 Å². The van der Waals surface area contributed by atoms with Crippen molar-refractivity contribution < 1.29 is 9.59 Å². The van der Waals surface area contributed by atoms with E-state index in [2.05, 4.69) is 22.8 Å². The van der Waals surface area contributed by atoms with Crippen LogP contribution in [0.25, 0.3) is 0 Å². The first kappa shape index (κ1) is 30.6. The number of carbonyl (C=O) groups excluding carboxylic acids is 2. The van der Waals surface area contributed by atoms with E-state index < -0.39 is 0 Å². The molecular formula is C28H42N4O2Se2. The predicted molar refractivity (Wildman–Crippen MR) is 152 cm³/mol. The molecule has 0 radical (unpaired) electrons. The van der Waals surface area contributed by atoms with E-state index in [1.165, 1.54) is 0 Å². The SMILES string of the molecule is NCCCCCCNC(=O)c1ccccc1C[Se][Se]Cc1ccccc1C(=O)NCCCCCCN. The van der Waals surface area contributed by atoms with Crippen molar-refractivity contribution in [1.29, 1.82) is 0 Å². The molecule has 198 valence electrons. The monoisotopic (exact) mass is 626 g/mol. The van der Waals surface area contributed by atoms with Gasteiger partial charge in [-0.05, 0) is 0 Å². The molecule has 0 aliphatic heterocycles. The number of nitrogens with one attached hydrogen (secondary N) is 2. The van der Waals surface area contributed by atoms with E-state index in [0.717, 1.165) is 97.3 Å². The molecule has 0 heterocycles. The number of amides is 2. The van der Waals surface area contributed by atoms with Crippen LogP contribution in [0.15, 0.2) is 48.5 Å². The van der Waals surface area contributed by atoms with E-state index in [4.69, 9.17) is 11.5 Å². The third-order valence-corrected chi connectivity index (χ3v) is 12.4. The fraction of sp³-hybridized carbons (Fsp3) is 0.500. The van der Waals surface area contributed by atoms with E-state index in [1.807, 2.05) is 36.4 Å². The second-order valence-electron chi connectivity index (χ2n) is 8.76. The summed E-state index contributed by atoms with van der Waals surface area (Å²) in [6.45, 7) is 2.88. The van der Waals surface area contributed by atoms with Gasteiger partial charge in [0.1, 0.15) is 0 Å². The predicted octanol–water partition coefficient (Wildman–Crippen LogP) is 3.21. The van der Waals surface area contributed by atoms with E-state index in [9.17, 15) is 9.59 Å². The number of nitrogens with two attached hydrogens (primary N) is 2. The molecule has 0 aliphatic carbocycles. The van der Waals surface area contributed by atoms with Crippen molar-refractivity contribution >= 4 is 38.1 Å². The zero-order valence-corrected chi connectivity index (χ0v) is 24.7. The zero-order valence-electron chi connectivity index (χ0n) is 21.3. The molecule has 2 rings (SSSR count). The molecule has 0 aliphatic rings. The third-order valence-electron chi connectivity index (χ3n) is 5.87. The van der Waals surface area contributed by atoms with Crippen molar-refractivity contribution in [3.05, 3.63) is 70.8 Å². The second-order valence-corrected chi connectivity index (χ2v) is 16.1. The van der Waals surface area contributed by atoms with Gasteiger partial charge in [-0.3, -0.25) is 0 Å². The van der Waals surface area contributed by atoms with Gasteiger partial charge in [0, 0.05) is 0 Å². The molecule has 2 amide bonds. The Bertz CT molecular complexity index is 837. The van der Waals surface area contributed by atoms with Crippen LogP contribution in [0, 0.1) is 0 Å². The summed E-state index contributed by atoms with van der Waals surface area (Å²) in [5.74, 6) is 0.0514. The summed E-state index contributed by atoms with van der Waals surface area (Å²) in [6, 6.07) is 15.9. The first-order valence-electron chi connectivity index (χ1n) is 13.0. The summed E-state index contributed by atoms with van der Waals surface area (Å²) in [4.78, 5) is 25.4. The number of hydrogen-bond donors (Lipinski definition) is 4. The maximum absolute atomic E-state index is 12.7. The van der Waals surface area contributed by atoms with Crippen LogP contribution in [0.1, 0.15) is 83.2 Å². The van der Waals surface area contributed by atoms with E-state index in [1.54, 1.807) is 0 Å². The molecule has 2 aromatic rings. The van der Waals surface area contributed by atoms with Crippen LogP contribution >= 0.6 is 0 Å². The Kier molecular flexibility index (Phi) is 16.5. The zero-order chi connectivity index (χ0) is 25.8. The van der Waals surface area contributed by atoms with Crippen molar-refractivity contribution in [3.8, 4) is 0 Å².